The summed E-state index contributed by atoms with van der Waals surface area (Å²) in [5.74, 6) is 0.482. The van der Waals surface area contributed by atoms with Crippen molar-refractivity contribution in [3.05, 3.63) is 52.7 Å². The molecule has 3 rings (SSSR count). The highest BCUT2D eigenvalue weighted by molar-refractivity contribution is 5.79. The number of nitrogens with zero attached hydrogens (tertiary/aromatic N) is 2. The minimum Gasteiger partial charge on any atom is -0.361 e. The highest BCUT2D eigenvalue weighted by Gasteiger charge is 2.33. The average Bonchev–Trinajstić information content (AvgIpc) is 3.05. The number of amides is 1. The summed E-state index contributed by atoms with van der Waals surface area (Å²) in [5, 5.41) is 3.99. The van der Waals surface area contributed by atoms with E-state index in [0.29, 0.717) is 5.56 Å². The average molecular weight is 302 g/mol. The number of aryl methyl sites for hydroxylation is 2. The van der Waals surface area contributed by atoms with Gasteiger partial charge in [0.05, 0.1) is 18.2 Å². The number of halogens is 1. The standard InChI is InChI=1S/C17H19FN2O2/c1-11-17(12(2)22-19-11)15-7-4-8-20(15)16(21)10-13-5-3-6-14(18)9-13/h3,5-6,9,15H,4,7-8,10H2,1-2H3/t15-/m1/s1. The van der Waals surface area contributed by atoms with E-state index in [1.54, 1.807) is 12.1 Å². The van der Waals surface area contributed by atoms with Crippen LogP contribution in [0.15, 0.2) is 28.8 Å². The second kappa shape index (κ2) is 5.91. The molecule has 22 heavy (non-hydrogen) atoms. The zero-order chi connectivity index (χ0) is 15.7. The van der Waals surface area contributed by atoms with Gasteiger partial charge < -0.3 is 9.42 Å². The van der Waals surface area contributed by atoms with Crippen molar-refractivity contribution in [1.29, 1.82) is 0 Å². The van der Waals surface area contributed by atoms with Crippen LogP contribution in [0.1, 0.15) is 41.5 Å². The summed E-state index contributed by atoms with van der Waals surface area (Å²) in [6.07, 6.45) is 2.10. The molecule has 116 valence electrons. The number of hydrogen-bond donors (Lipinski definition) is 0. The topological polar surface area (TPSA) is 46.3 Å². The van der Waals surface area contributed by atoms with E-state index < -0.39 is 0 Å². The van der Waals surface area contributed by atoms with Gasteiger partial charge in [0.2, 0.25) is 5.91 Å². The Kier molecular flexibility index (Phi) is 3.96. The lowest BCUT2D eigenvalue weighted by Gasteiger charge is -2.25. The Labute approximate surface area is 128 Å². The maximum Gasteiger partial charge on any atom is 0.227 e. The second-order valence-electron chi connectivity index (χ2n) is 5.79. The predicted octanol–water partition coefficient (Wildman–Crippen LogP) is 3.34. The molecule has 0 aliphatic carbocycles. The van der Waals surface area contributed by atoms with Gasteiger partial charge in [-0.15, -0.1) is 0 Å². The SMILES string of the molecule is Cc1noc(C)c1[C@H]1CCCN1C(=O)Cc1cccc(F)c1. The monoisotopic (exact) mass is 302 g/mol. The molecule has 0 radical (unpaired) electrons. The van der Waals surface area contributed by atoms with Gasteiger partial charge >= 0.3 is 0 Å². The van der Waals surface area contributed by atoms with E-state index in [2.05, 4.69) is 5.16 Å². The lowest BCUT2D eigenvalue weighted by atomic mass is 10.0. The first-order chi connectivity index (χ1) is 10.6. The van der Waals surface area contributed by atoms with Crippen molar-refractivity contribution in [3.8, 4) is 0 Å². The molecule has 0 unspecified atom stereocenters. The van der Waals surface area contributed by atoms with E-state index in [0.717, 1.165) is 36.4 Å². The fraction of sp³-hybridized carbons (Fsp3) is 0.412. The molecule has 1 aromatic heterocycles. The van der Waals surface area contributed by atoms with Crippen LogP contribution in [0.4, 0.5) is 4.39 Å². The third-order valence-corrected chi connectivity index (χ3v) is 4.24. The van der Waals surface area contributed by atoms with Crippen molar-refractivity contribution in [2.45, 2.75) is 39.2 Å². The molecule has 2 aromatic rings. The van der Waals surface area contributed by atoms with Crippen molar-refractivity contribution < 1.29 is 13.7 Å². The number of likely N-dealkylation sites (tertiary alicyclic amines) is 1. The lowest BCUT2D eigenvalue weighted by molar-refractivity contribution is -0.131. The first-order valence-corrected chi connectivity index (χ1v) is 7.53. The first kappa shape index (κ1) is 14.8. The van der Waals surface area contributed by atoms with Gasteiger partial charge in [-0.05, 0) is 44.4 Å². The van der Waals surface area contributed by atoms with Gasteiger partial charge in [-0.2, -0.15) is 0 Å². The molecule has 5 heteroatoms. The first-order valence-electron chi connectivity index (χ1n) is 7.53. The number of hydrogen-bond acceptors (Lipinski definition) is 3. The van der Waals surface area contributed by atoms with Crippen LogP contribution in [0.25, 0.3) is 0 Å². The fourth-order valence-corrected chi connectivity index (χ4v) is 3.25. The van der Waals surface area contributed by atoms with Crippen LogP contribution < -0.4 is 0 Å². The van der Waals surface area contributed by atoms with E-state index in [1.165, 1.54) is 12.1 Å². The summed E-state index contributed by atoms with van der Waals surface area (Å²) < 4.78 is 18.5. The van der Waals surface area contributed by atoms with Gasteiger partial charge in [0.25, 0.3) is 0 Å². The minimum absolute atomic E-state index is 0.0207. The predicted molar refractivity (Wildman–Crippen MR) is 79.8 cm³/mol. The molecule has 4 nitrogen and oxygen atoms in total. The molecule has 0 saturated carbocycles. The van der Waals surface area contributed by atoms with E-state index >= 15 is 0 Å². The van der Waals surface area contributed by atoms with E-state index in [4.69, 9.17) is 4.52 Å². The van der Waals surface area contributed by atoms with Gasteiger partial charge in [0.1, 0.15) is 11.6 Å². The Morgan fingerprint density at radius 1 is 1.45 bits per heavy atom. The van der Waals surface area contributed by atoms with Crippen LogP contribution in [0.5, 0.6) is 0 Å². The summed E-state index contributed by atoms with van der Waals surface area (Å²) in [4.78, 5) is 14.5. The van der Waals surface area contributed by atoms with Gasteiger partial charge in [-0.25, -0.2) is 4.39 Å². The summed E-state index contributed by atoms with van der Waals surface area (Å²) >= 11 is 0. The molecule has 1 aliphatic heterocycles. The third kappa shape index (κ3) is 2.75. The van der Waals surface area contributed by atoms with Gasteiger partial charge in [-0.3, -0.25) is 4.79 Å². The molecule has 1 saturated heterocycles. The van der Waals surface area contributed by atoms with Gasteiger partial charge in [-0.1, -0.05) is 17.3 Å². The Morgan fingerprint density at radius 2 is 2.27 bits per heavy atom. The van der Waals surface area contributed by atoms with Crippen molar-refractivity contribution in [2.75, 3.05) is 6.54 Å². The van der Waals surface area contributed by atoms with Crippen LogP contribution in [-0.4, -0.2) is 22.5 Å². The van der Waals surface area contributed by atoms with Gasteiger partial charge in [0, 0.05) is 12.1 Å². The van der Waals surface area contributed by atoms with E-state index in [9.17, 15) is 9.18 Å². The minimum atomic E-state index is -0.311. The third-order valence-electron chi connectivity index (χ3n) is 4.24. The van der Waals surface area contributed by atoms with Crippen LogP contribution in [0, 0.1) is 19.7 Å². The van der Waals surface area contributed by atoms with Gasteiger partial charge in [0.15, 0.2) is 0 Å². The number of rotatable bonds is 3. The highest BCUT2D eigenvalue weighted by Crippen LogP contribution is 2.35. The fourth-order valence-electron chi connectivity index (χ4n) is 3.25. The zero-order valence-corrected chi connectivity index (χ0v) is 12.8. The lowest BCUT2D eigenvalue weighted by Crippen LogP contribution is -2.32. The highest BCUT2D eigenvalue weighted by atomic mass is 19.1. The van der Waals surface area contributed by atoms with Crippen molar-refractivity contribution in [1.82, 2.24) is 10.1 Å². The Balaban J connectivity index is 1.80. The second-order valence-corrected chi connectivity index (χ2v) is 5.79. The van der Waals surface area contributed by atoms with Crippen LogP contribution in [0.3, 0.4) is 0 Å². The summed E-state index contributed by atoms with van der Waals surface area (Å²) in [6.45, 7) is 4.51. The summed E-state index contributed by atoms with van der Waals surface area (Å²) in [6, 6.07) is 6.23. The Morgan fingerprint density at radius 3 is 2.95 bits per heavy atom. The quantitative estimate of drug-likeness (QED) is 0.873. The molecule has 2 heterocycles. The molecular weight excluding hydrogens is 283 g/mol. The van der Waals surface area contributed by atoms with Crippen LogP contribution in [0.2, 0.25) is 0 Å². The van der Waals surface area contributed by atoms with Crippen molar-refractivity contribution in [3.63, 3.8) is 0 Å². The Hall–Kier alpha value is -2.17. The van der Waals surface area contributed by atoms with Crippen LogP contribution >= 0.6 is 0 Å². The van der Waals surface area contributed by atoms with E-state index in [1.807, 2.05) is 18.7 Å². The zero-order valence-electron chi connectivity index (χ0n) is 12.8. The largest absolute Gasteiger partial charge is 0.361 e. The Bertz CT molecular complexity index is 676. The smallest absolute Gasteiger partial charge is 0.227 e. The molecule has 1 atom stereocenters. The molecule has 0 bridgehead atoms. The molecule has 0 spiro atoms. The maximum absolute atomic E-state index is 13.3. The van der Waals surface area contributed by atoms with Crippen LogP contribution in [-0.2, 0) is 11.2 Å². The molecule has 1 aliphatic rings. The molecule has 1 aromatic carbocycles. The maximum atomic E-state index is 13.3. The molecule has 1 amide bonds. The summed E-state index contributed by atoms with van der Waals surface area (Å²) in [5.41, 5.74) is 2.56. The van der Waals surface area contributed by atoms with Crippen molar-refractivity contribution in [2.24, 2.45) is 0 Å². The number of carbonyl (C=O) groups is 1. The molecule has 1 fully saturated rings. The van der Waals surface area contributed by atoms with E-state index in [-0.39, 0.29) is 24.2 Å². The molecule has 0 N–H and O–H groups in total. The molecular formula is C17H19FN2O2. The number of carbonyl (C=O) groups excluding carboxylic acids is 1. The van der Waals surface area contributed by atoms with Crippen molar-refractivity contribution >= 4 is 5.91 Å². The number of benzene rings is 1. The number of aromatic nitrogens is 1. The normalized spacial score (nSPS) is 18.0. The summed E-state index contributed by atoms with van der Waals surface area (Å²) in [7, 11) is 0.